The molecular formula is C24H51NO5S. The van der Waals surface area contributed by atoms with Gasteiger partial charge < -0.3 is 18.5 Å². The van der Waals surface area contributed by atoms with Crippen molar-refractivity contribution in [2.24, 2.45) is 0 Å². The zero-order valence-electron chi connectivity index (χ0n) is 20.7. The number of hydrogen-bond donors (Lipinski definition) is 0. The van der Waals surface area contributed by atoms with E-state index in [0.29, 0.717) is 26.2 Å². The molecular weight excluding hydrogens is 414 g/mol. The fraction of sp³-hybridized carbons (Fsp3) is 1.00. The van der Waals surface area contributed by atoms with Crippen LogP contribution in [0.2, 0.25) is 0 Å². The second-order valence-electron chi connectivity index (χ2n) is 8.90. The largest absolute Gasteiger partial charge is 0.748 e. The summed E-state index contributed by atoms with van der Waals surface area (Å²) in [5.41, 5.74) is 0. The van der Waals surface area contributed by atoms with Gasteiger partial charge in [-0.25, -0.2) is 8.42 Å². The molecule has 7 heteroatoms. The highest BCUT2D eigenvalue weighted by Gasteiger charge is 2.26. The third kappa shape index (κ3) is 20.1. The first-order chi connectivity index (χ1) is 14.9. The Morgan fingerprint density at radius 3 is 1.55 bits per heavy atom. The highest BCUT2D eigenvalue weighted by atomic mass is 32.2. The lowest BCUT2D eigenvalue weighted by molar-refractivity contribution is -0.929. The molecule has 0 rings (SSSR count). The zero-order chi connectivity index (χ0) is 23.3. The number of rotatable bonds is 24. The second kappa shape index (κ2) is 20.4. The maximum Gasteiger partial charge on any atom is 0.102 e. The first-order valence-corrected chi connectivity index (χ1v) is 14.4. The average Bonchev–Trinajstić information content (AvgIpc) is 2.72. The maximum atomic E-state index is 11.2. The van der Waals surface area contributed by atoms with Crippen LogP contribution >= 0.6 is 0 Å². The van der Waals surface area contributed by atoms with Crippen molar-refractivity contribution >= 4 is 10.1 Å². The molecule has 0 aliphatic carbocycles. The Bertz CT molecular complexity index is 470. The van der Waals surface area contributed by atoms with Crippen molar-refractivity contribution in [3.05, 3.63) is 0 Å². The monoisotopic (exact) mass is 465 g/mol. The van der Waals surface area contributed by atoms with E-state index in [1.807, 2.05) is 0 Å². The topological polar surface area (TPSA) is 75.7 Å². The molecule has 0 unspecified atom stereocenters. The molecule has 31 heavy (non-hydrogen) atoms. The molecule has 0 N–H and O–H groups in total. The minimum absolute atomic E-state index is 0.260. The van der Waals surface area contributed by atoms with E-state index >= 15 is 0 Å². The molecule has 0 aromatic rings. The highest BCUT2D eigenvalue weighted by Crippen LogP contribution is 2.17. The van der Waals surface area contributed by atoms with Gasteiger partial charge in [-0.3, -0.25) is 0 Å². The van der Waals surface area contributed by atoms with Crippen molar-refractivity contribution in [1.29, 1.82) is 0 Å². The van der Waals surface area contributed by atoms with Crippen molar-refractivity contribution in [2.45, 2.75) is 97.8 Å². The average molecular weight is 466 g/mol. The third-order valence-electron chi connectivity index (χ3n) is 5.93. The summed E-state index contributed by atoms with van der Waals surface area (Å²) in [4.78, 5) is 0. The minimum atomic E-state index is -4.16. The molecule has 0 amide bonds. The minimum Gasteiger partial charge on any atom is -0.748 e. The van der Waals surface area contributed by atoms with Gasteiger partial charge in [0.15, 0.2) is 0 Å². The summed E-state index contributed by atoms with van der Waals surface area (Å²) < 4.78 is 45.7. The summed E-state index contributed by atoms with van der Waals surface area (Å²) >= 11 is 0. The van der Waals surface area contributed by atoms with Crippen molar-refractivity contribution in [2.75, 3.05) is 58.4 Å². The zero-order valence-corrected chi connectivity index (χ0v) is 21.6. The lowest BCUT2D eigenvalue weighted by Crippen LogP contribution is -2.52. The molecule has 0 fully saturated rings. The third-order valence-corrected chi connectivity index (χ3v) is 6.72. The molecule has 0 aliphatic heterocycles. The Labute approximate surface area is 193 Å². The van der Waals surface area contributed by atoms with Gasteiger partial charge in [0.2, 0.25) is 0 Å². The van der Waals surface area contributed by atoms with Gasteiger partial charge in [-0.2, -0.15) is 0 Å². The molecule has 6 nitrogen and oxygen atoms in total. The molecule has 0 aromatic carbocycles. The van der Waals surface area contributed by atoms with Crippen molar-refractivity contribution in [1.82, 2.24) is 0 Å². The van der Waals surface area contributed by atoms with E-state index in [1.54, 1.807) is 0 Å². The van der Waals surface area contributed by atoms with Crippen LogP contribution < -0.4 is 0 Å². The van der Waals surface area contributed by atoms with Gasteiger partial charge in [-0.1, -0.05) is 59.3 Å². The van der Waals surface area contributed by atoms with Gasteiger partial charge in [-0.05, 0) is 32.1 Å². The Morgan fingerprint density at radius 1 is 0.581 bits per heavy atom. The fourth-order valence-corrected chi connectivity index (χ4v) is 4.56. The van der Waals surface area contributed by atoms with Crippen molar-refractivity contribution in [3.8, 4) is 0 Å². The summed E-state index contributed by atoms with van der Waals surface area (Å²) in [5, 5.41) is 0. The number of ether oxygens (including phenoxy) is 2. The van der Waals surface area contributed by atoms with Gasteiger partial charge in [0.25, 0.3) is 0 Å². The quantitative estimate of drug-likeness (QED) is 0.112. The summed E-state index contributed by atoms with van der Waals surface area (Å²) in [5.74, 6) is -0.260. The Morgan fingerprint density at radius 2 is 1.06 bits per heavy atom. The molecule has 188 valence electrons. The van der Waals surface area contributed by atoms with Gasteiger partial charge in [0, 0.05) is 18.8 Å². The summed E-state index contributed by atoms with van der Waals surface area (Å²) in [6, 6.07) is 0. The van der Waals surface area contributed by atoms with Gasteiger partial charge in [0.1, 0.15) is 6.54 Å². The van der Waals surface area contributed by atoms with E-state index in [1.165, 1.54) is 51.4 Å². The maximum absolute atomic E-state index is 11.2. The SMILES string of the molecule is CCCCCCC[N+](CCCCCCC)(CCCS(=O)(=O)[O-])CCOCCOCCC. The van der Waals surface area contributed by atoms with Crippen LogP contribution in [0.15, 0.2) is 0 Å². The van der Waals surface area contributed by atoms with E-state index in [-0.39, 0.29) is 5.75 Å². The first-order valence-electron chi connectivity index (χ1n) is 12.8. The molecule has 0 saturated heterocycles. The van der Waals surface area contributed by atoms with Crippen LogP contribution in [-0.4, -0.2) is 75.8 Å². The number of unbranched alkanes of at least 4 members (excludes halogenated alkanes) is 8. The van der Waals surface area contributed by atoms with Crippen LogP contribution in [0.1, 0.15) is 97.8 Å². The predicted octanol–water partition coefficient (Wildman–Crippen LogP) is 5.12. The van der Waals surface area contributed by atoms with Crippen molar-refractivity contribution in [3.63, 3.8) is 0 Å². The molecule has 0 heterocycles. The second-order valence-corrected chi connectivity index (χ2v) is 10.4. The van der Waals surface area contributed by atoms with Gasteiger partial charge >= 0.3 is 0 Å². The van der Waals surface area contributed by atoms with E-state index in [4.69, 9.17) is 9.47 Å². The number of hydrogen-bond acceptors (Lipinski definition) is 5. The van der Waals surface area contributed by atoms with E-state index in [9.17, 15) is 13.0 Å². The van der Waals surface area contributed by atoms with E-state index < -0.39 is 10.1 Å². The van der Waals surface area contributed by atoms with Crippen molar-refractivity contribution < 1.29 is 26.9 Å². The molecule has 0 atom stereocenters. The smallest absolute Gasteiger partial charge is 0.102 e. The van der Waals surface area contributed by atoms with E-state index in [0.717, 1.165) is 56.5 Å². The molecule has 0 bridgehead atoms. The van der Waals surface area contributed by atoms with Gasteiger partial charge in [-0.15, -0.1) is 0 Å². The van der Waals surface area contributed by atoms with E-state index in [2.05, 4.69) is 20.8 Å². The number of quaternary nitrogens is 1. The predicted molar refractivity (Wildman–Crippen MR) is 128 cm³/mol. The lowest BCUT2D eigenvalue weighted by atomic mass is 10.1. The van der Waals surface area contributed by atoms with Gasteiger partial charge in [0.05, 0.1) is 49.6 Å². The standard InChI is InChI=1S/C24H51NO5S/c1-4-7-9-11-13-16-25(17-14-12-10-8-5-2,18-15-24-31(26,27)28)19-21-30-23-22-29-20-6-3/h4-24H2,1-3H3. The first kappa shape index (κ1) is 30.8. The lowest BCUT2D eigenvalue weighted by Gasteiger charge is -2.39. The normalized spacial score (nSPS) is 12.5. The molecule has 0 saturated carbocycles. The Hall–Kier alpha value is -0.210. The summed E-state index contributed by atoms with van der Waals surface area (Å²) in [7, 11) is -4.16. The molecule has 0 aromatic heterocycles. The Balaban J connectivity index is 4.83. The van der Waals surface area contributed by atoms with Crippen LogP contribution in [0.5, 0.6) is 0 Å². The molecule has 0 aliphatic rings. The highest BCUT2D eigenvalue weighted by molar-refractivity contribution is 7.85. The van der Waals surface area contributed by atoms with Crippen LogP contribution in [0.4, 0.5) is 0 Å². The van der Waals surface area contributed by atoms with Crippen LogP contribution in [0, 0.1) is 0 Å². The summed E-state index contributed by atoms with van der Waals surface area (Å²) in [6.45, 7) is 12.9. The van der Waals surface area contributed by atoms with Crippen LogP contribution in [-0.2, 0) is 19.6 Å². The molecule has 0 radical (unpaired) electrons. The molecule has 0 spiro atoms. The number of nitrogens with zero attached hydrogens (tertiary/aromatic N) is 1. The Kier molecular flexibility index (Phi) is 20.3. The summed E-state index contributed by atoms with van der Waals surface area (Å²) in [6.07, 6.45) is 13.7. The fourth-order valence-electron chi connectivity index (χ4n) is 4.07. The van der Waals surface area contributed by atoms with Crippen LogP contribution in [0.25, 0.3) is 0 Å². The van der Waals surface area contributed by atoms with Crippen LogP contribution in [0.3, 0.4) is 0 Å².